The van der Waals surface area contributed by atoms with Crippen molar-refractivity contribution >= 4 is 28.8 Å². The van der Waals surface area contributed by atoms with Crippen molar-refractivity contribution in [3.8, 4) is 0 Å². The van der Waals surface area contributed by atoms with Crippen molar-refractivity contribution in [3.05, 3.63) is 48.4 Å². The van der Waals surface area contributed by atoms with E-state index in [0.29, 0.717) is 11.2 Å². The second kappa shape index (κ2) is 7.37. The van der Waals surface area contributed by atoms with Crippen LogP contribution in [0.1, 0.15) is 18.4 Å². The van der Waals surface area contributed by atoms with E-state index in [9.17, 15) is 0 Å². The van der Waals surface area contributed by atoms with Gasteiger partial charge in [0.2, 0.25) is 0 Å². The van der Waals surface area contributed by atoms with Crippen molar-refractivity contribution in [1.82, 2.24) is 15.3 Å². The summed E-state index contributed by atoms with van der Waals surface area (Å²) < 4.78 is 0. The molecule has 1 aliphatic heterocycles. The Balaban J connectivity index is 1.47. The molecule has 0 bridgehead atoms. The summed E-state index contributed by atoms with van der Waals surface area (Å²) in [5.74, 6) is 1.06. The molecule has 0 amide bonds. The number of hydrogen-bond donors (Lipinski definition) is 2. The largest absolute Gasteiger partial charge is 0.360 e. The third-order valence-electron chi connectivity index (χ3n) is 3.97. The zero-order valence-corrected chi connectivity index (χ0v) is 14.0. The fraction of sp³-hybridized carbons (Fsp3) is 0.353. The zero-order chi connectivity index (χ0) is 16.1. The van der Waals surface area contributed by atoms with Gasteiger partial charge in [-0.3, -0.25) is 4.98 Å². The number of aryl methyl sites for hydroxylation is 1. The van der Waals surface area contributed by atoms with Crippen LogP contribution in [-0.2, 0) is 0 Å². The maximum Gasteiger partial charge on any atom is 0.171 e. The van der Waals surface area contributed by atoms with E-state index in [1.807, 2.05) is 18.3 Å². The van der Waals surface area contributed by atoms with Gasteiger partial charge in [-0.2, -0.15) is 0 Å². The van der Waals surface area contributed by atoms with E-state index in [1.54, 1.807) is 12.4 Å². The normalized spacial score (nSPS) is 15.3. The number of nitrogens with one attached hydrogen (secondary N) is 2. The Kier molecular flexibility index (Phi) is 5.02. The molecule has 1 saturated heterocycles. The maximum absolute atomic E-state index is 5.38. The molecule has 0 aromatic carbocycles. The molecule has 23 heavy (non-hydrogen) atoms. The van der Waals surface area contributed by atoms with E-state index in [4.69, 9.17) is 12.2 Å². The number of nitrogens with zero attached hydrogens (tertiary/aromatic N) is 3. The molecule has 0 atom stereocenters. The van der Waals surface area contributed by atoms with Crippen LogP contribution >= 0.6 is 12.2 Å². The zero-order valence-electron chi connectivity index (χ0n) is 13.2. The van der Waals surface area contributed by atoms with Crippen LogP contribution in [0.2, 0.25) is 0 Å². The molecule has 0 aliphatic carbocycles. The molecule has 0 spiro atoms. The highest BCUT2D eigenvalue weighted by molar-refractivity contribution is 7.80. The Morgan fingerprint density at radius 1 is 1.22 bits per heavy atom. The monoisotopic (exact) mass is 327 g/mol. The van der Waals surface area contributed by atoms with Crippen LogP contribution in [0.5, 0.6) is 0 Å². The number of anilines is 2. The van der Waals surface area contributed by atoms with Crippen molar-refractivity contribution < 1.29 is 0 Å². The Bertz CT molecular complexity index is 636. The first kappa shape index (κ1) is 15.7. The lowest BCUT2D eigenvalue weighted by Crippen LogP contribution is -2.46. The van der Waals surface area contributed by atoms with E-state index >= 15 is 0 Å². The predicted octanol–water partition coefficient (Wildman–Crippen LogP) is 2.74. The van der Waals surface area contributed by atoms with Crippen LogP contribution < -0.4 is 15.5 Å². The molecule has 2 aromatic rings. The van der Waals surface area contributed by atoms with Gasteiger partial charge in [0.05, 0.1) is 11.9 Å². The van der Waals surface area contributed by atoms with Gasteiger partial charge in [-0.25, -0.2) is 4.98 Å². The molecule has 0 unspecified atom stereocenters. The molecule has 3 heterocycles. The molecule has 6 heteroatoms. The average molecular weight is 327 g/mol. The topological polar surface area (TPSA) is 53.1 Å². The van der Waals surface area contributed by atoms with Gasteiger partial charge < -0.3 is 15.5 Å². The minimum atomic E-state index is 0.397. The van der Waals surface area contributed by atoms with Crippen molar-refractivity contribution in [3.63, 3.8) is 0 Å². The lowest BCUT2D eigenvalue weighted by atomic mass is 10.1. The van der Waals surface area contributed by atoms with Gasteiger partial charge in [-0.05, 0) is 55.7 Å². The van der Waals surface area contributed by atoms with Gasteiger partial charge in [-0.15, -0.1) is 0 Å². The van der Waals surface area contributed by atoms with Gasteiger partial charge in [0.15, 0.2) is 5.11 Å². The molecule has 3 rings (SSSR count). The molecule has 2 aromatic heterocycles. The summed E-state index contributed by atoms with van der Waals surface area (Å²) in [4.78, 5) is 10.9. The second-order valence-electron chi connectivity index (χ2n) is 5.80. The molecular weight excluding hydrogens is 306 g/mol. The quantitative estimate of drug-likeness (QED) is 0.846. The van der Waals surface area contributed by atoms with Crippen LogP contribution in [-0.4, -0.2) is 34.2 Å². The molecule has 120 valence electrons. The second-order valence-corrected chi connectivity index (χ2v) is 6.20. The highest BCUT2D eigenvalue weighted by Gasteiger charge is 2.20. The van der Waals surface area contributed by atoms with Gasteiger partial charge in [-0.1, -0.05) is 6.07 Å². The summed E-state index contributed by atoms with van der Waals surface area (Å²) in [6, 6.07) is 8.44. The summed E-state index contributed by atoms with van der Waals surface area (Å²) in [5, 5.41) is 7.22. The number of aromatic nitrogens is 2. The van der Waals surface area contributed by atoms with E-state index in [1.165, 1.54) is 5.56 Å². The number of pyridine rings is 2. The molecule has 5 nitrogen and oxygen atoms in total. The standard InChI is InChI=1S/C17H21N5S/c1-13-4-5-16(19-11-13)22-9-6-14(7-10-22)20-17(23)21-15-3-2-8-18-12-15/h2-5,8,11-12,14H,6-7,9-10H2,1H3,(H2,20,21,23). The van der Waals surface area contributed by atoms with Crippen LogP contribution in [0.3, 0.4) is 0 Å². The van der Waals surface area contributed by atoms with Gasteiger partial charge >= 0.3 is 0 Å². The summed E-state index contributed by atoms with van der Waals surface area (Å²) in [6.45, 7) is 4.04. The van der Waals surface area contributed by atoms with E-state index in [2.05, 4.69) is 44.6 Å². The van der Waals surface area contributed by atoms with Crippen molar-refractivity contribution in [1.29, 1.82) is 0 Å². The molecular formula is C17H21N5S. The van der Waals surface area contributed by atoms with Crippen LogP contribution in [0.25, 0.3) is 0 Å². The van der Waals surface area contributed by atoms with E-state index < -0.39 is 0 Å². The summed E-state index contributed by atoms with van der Waals surface area (Å²) >= 11 is 5.38. The van der Waals surface area contributed by atoms with Gasteiger partial charge in [0, 0.05) is 31.5 Å². The lowest BCUT2D eigenvalue weighted by molar-refractivity contribution is 0.466. The van der Waals surface area contributed by atoms with Crippen LogP contribution in [0.4, 0.5) is 11.5 Å². The summed E-state index contributed by atoms with van der Waals surface area (Å²) in [5.41, 5.74) is 2.10. The first-order chi connectivity index (χ1) is 11.2. The number of thiocarbonyl (C=S) groups is 1. The van der Waals surface area contributed by atoms with Crippen LogP contribution in [0.15, 0.2) is 42.9 Å². The number of piperidine rings is 1. The Morgan fingerprint density at radius 3 is 2.70 bits per heavy atom. The Morgan fingerprint density at radius 2 is 2.04 bits per heavy atom. The van der Waals surface area contributed by atoms with Crippen molar-refractivity contribution in [2.24, 2.45) is 0 Å². The minimum absolute atomic E-state index is 0.397. The SMILES string of the molecule is Cc1ccc(N2CCC(NC(=S)Nc3cccnc3)CC2)nc1. The van der Waals surface area contributed by atoms with Gasteiger partial charge in [0.1, 0.15) is 5.82 Å². The first-order valence-electron chi connectivity index (χ1n) is 7.86. The van der Waals surface area contributed by atoms with Crippen molar-refractivity contribution in [2.45, 2.75) is 25.8 Å². The molecule has 2 N–H and O–H groups in total. The maximum atomic E-state index is 5.38. The number of hydrogen-bond acceptors (Lipinski definition) is 4. The fourth-order valence-electron chi connectivity index (χ4n) is 2.69. The van der Waals surface area contributed by atoms with Gasteiger partial charge in [0.25, 0.3) is 0 Å². The highest BCUT2D eigenvalue weighted by atomic mass is 32.1. The van der Waals surface area contributed by atoms with E-state index in [0.717, 1.165) is 37.4 Å². The fourth-order valence-corrected chi connectivity index (χ4v) is 2.97. The Hall–Kier alpha value is -2.21. The smallest absolute Gasteiger partial charge is 0.171 e. The number of rotatable bonds is 3. The lowest BCUT2D eigenvalue weighted by Gasteiger charge is -2.33. The minimum Gasteiger partial charge on any atom is -0.360 e. The van der Waals surface area contributed by atoms with E-state index in [-0.39, 0.29) is 0 Å². The molecule has 1 fully saturated rings. The summed E-state index contributed by atoms with van der Waals surface area (Å²) in [6.07, 6.45) is 7.53. The summed E-state index contributed by atoms with van der Waals surface area (Å²) in [7, 11) is 0. The predicted molar refractivity (Wildman–Crippen MR) is 97.8 cm³/mol. The Labute approximate surface area is 142 Å². The van der Waals surface area contributed by atoms with Crippen LogP contribution in [0, 0.1) is 6.92 Å². The molecule has 1 aliphatic rings. The van der Waals surface area contributed by atoms with Crippen molar-refractivity contribution in [2.75, 3.05) is 23.3 Å². The molecule has 0 saturated carbocycles. The average Bonchev–Trinajstić information content (AvgIpc) is 2.57. The molecule has 0 radical (unpaired) electrons. The highest BCUT2D eigenvalue weighted by Crippen LogP contribution is 2.18. The third kappa shape index (κ3) is 4.39. The first-order valence-corrected chi connectivity index (χ1v) is 8.27. The third-order valence-corrected chi connectivity index (χ3v) is 4.19.